The Kier molecular flexibility index (Phi) is 3.11. The Hall–Kier alpha value is -1.31. The molecule has 0 saturated heterocycles. The van der Waals surface area contributed by atoms with Gasteiger partial charge in [0.25, 0.3) is 5.91 Å². The molecule has 0 aromatic heterocycles. The number of rotatable bonds is 3. The summed E-state index contributed by atoms with van der Waals surface area (Å²) >= 11 is 0. The van der Waals surface area contributed by atoms with Crippen LogP contribution in [0.15, 0.2) is 24.3 Å². The summed E-state index contributed by atoms with van der Waals surface area (Å²) in [5, 5.41) is 3.11. The Morgan fingerprint density at radius 1 is 1.33 bits per heavy atom. The van der Waals surface area contributed by atoms with Crippen LogP contribution in [0.3, 0.4) is 0 Å². The second-order valence-corrected chi connectivity index (χ2v) is 6.01. The summed E-state index contributed by atoms with van der Waals surface area (Å²) in [7, 11) is 0. The van der Waals surface area contributed by atoms with Crippen LogP contribution in [0.4, 0.5) is 0 Å². The molecular weight excluding hydrogens is 222 g/mol. The molecule has 3 atom stereocenters. The van der Waals surface area contributed by atoms with E-state index in [1.165, 1.54) is 25.7 Å². The van der Waals surface area contributed by atoms with Crippen molar-refractivity contribution < 1.29 is 4.79 Å². The maximum atomic E-state index is 12.0. The maximum absolute atomic E-state index is 12.0. The van der Waals surface area contributed by atoms with Gasteiger partial charge in [-0.2, -0.15) is 0 Å². The zero-order valence-electron chi connectivity index (χ0n) is 11.0. The van der Waals surface area contributed by atoms with Crippen LogP contribution in [0, 0.1) is 24.7 Å². The number of amides is 1. The van der Waals surface area contributed by atoms with Crippen molar-refractivity contribution in [3.63, 3.8) is 0 Å². The maximum Gasteiger partial charge on any atom is 0.251 e. The Morgan fingerprint density at radius 3 is 2.89 bits per heavy atom. The van der Waals surface area contributed by atoms with Crippen molar-refractivity contribution in [1.82, 2.24) is 5.32 Å². The highest BCUT2D eigenvalue weighted by molar-refractivity contribution is 5.94. The predicted molar refractivity (Wildman–Crippen MR) is 72.5 cm³/mol. The van der Waals surface area contributed by atoms with Gasteiger partial charge in [-0.05, 0) is 56.1 Å². The monoisotopic (exact) mass is 243 g/mol. The molecule has 2 bridgehead atoms. The summed E-state index contributed by atoms with van der Waals surface area (Å²) in [6.45, 7) is 2.89. The van der Waals surface area contributed by atoms with Crippen molar-refractivity contribution in [2.75, 3.05) is 6.54 Å². The number of aryl methyl sites for hydroxylation is 1. The fourth-order valence-electron chi connectivity index (χ4n) is 3.74. The van der Waals surface area contributed by atoms with E-state index in [4.69, 9.17) is 0 Å². The van der Waals surface area contributed by atoms with Crippen LogP contribution in [0.25, 0.3) is 0 Å². The van der Waals surface area contributed by atoms with Gasteiger partial charge in [0.1, 0.15) is 0 Å². The van der Waals surface area contributed by atoms with Gasteiger partial charge in [0.15, 0.2) is 0 Å². The molecule has 96 valence electrons. The molecule has 1 N–H and O–H groups in total. The Balaban J connectivity index is 1.56. The molecule has 2 fully saturated rings. The lowest BCUT2D eigenvalue weighted by Crippen LogP contribution is -2.31. The second kappa shape index (κ2) is 4.75. The Labute approximate surface area is 109 Å². The molecule has 2 saturated carbocycles. The molecule has 0 radical (unpaired) electrons. The van der Waals surface area contributed by atoms with Gasteiger partial charge >= 0.3 is 0 Å². The first kappa shape index (κ1) is 11.8. The average Bonchev–Trinajstić information content (AvgIpc) is 2.98. The lowest BCUT2D eigenvalue weighted by molar-refractivity contribution is 0.0941. The van der Waals surface area contributed by atoms with Crippen LogP contribution in [0.2, 0.25) is 0 Å². The molecule has 2 heteroatoms. The molecule has 1 aromatic carbocycles. The van der Waals surface area contributed by atoms with Crippen LogP contribution in [-0.4, -0.2) is 12.5 Å². The molecule has 0 heterocycles. The van der Waals surface area contributed by atoms with E-state index in [0.29, 0.717) is 0 Å². The number of hydrogen-bond acceptors (Lipinski definition) is 1. The molecule has 0 spiro atoms. The van der Waals surface area contributed by atoms with Crippen molar-refractivity contribution in [2.45, 2.75) is 32.6 Å². The molecular formula is C16H21NO. The fraction of sp³-hybridized carbons (Fsp3) is 0.562. The van der Waals surface area contributed by atoms with Crippen molar-refractivity contribution in [3.05, 3.63) is 35.4 Å². The number of hydrogen-bond donors (Lipinski definition) is 1. The van der Waals surface area contributed by atoms with E-state index in [9.17, 15) is 4.79 Å². The topological polar surface area (TPSA) is 29.1 Å². The summed E-state index contributed by atoms with van der Waals surface area (Å²) in [6, 6.07) is 7.81. The molecule has 2 aliphatic carbocycles. The zero-order valence-corrected chi connectivity index (χ0v) is 11.0. The van der Waals surface area contributed by atoms with Gasteiger partial charge in [-0.15, -0.1) is 0 Å². The predicted octanol–water partition coefficient (Wildman–Crippen LogP) is 3.16. The molecule has 1 aromatic rings. The average molecular weight is 243 g/mol. The minimum atomic E-state index is 0.0847. The highest BCUT2D eigenvalue weighted by atomic mass is 16.1. The number of carbonyl (C=O) groups is 1. The molecule has 0 aliphatic heterocycles. The Bertz CT molecular complexity index is 454. The lowest BCUT2D eigenvalue weighted by atomic mass is 9.89. The molecule has 0 unspecified atom stereocenters. The largest absolute Gasteiger partial charge is 0.352 e. The zero-order chi connectivity index (χ0) is 12.5. The first-order valence-corrected chi connectivity index (χ1v) is 7.07. The summed E-state index contributed by atoms with van der Waals surface area (Å²) < 4.78 is 0. The van der Waals surface area contributed by atoms with Crippen molar-refractivity contribution in [2.24, 2.45) is 17.8 Å². The molecule has 2 aliphatic rings. The van der Waals surface area contributed by atoms with E-state index in [2.05, 4.69) is 5.32 Å². The third kappa shape index (κ3) is 2.29. The minimum Gasteiger partial charge on any atom is -0.352 e. The third-order valence-electron chi connectivity index (χ3n) is 4.69. The van der Waals surface area contributed by atoms with Crippen LogP contribution in [0.5, 0.6) is 0 Å². The van der Waals surface area contributed by atoms with E-state index in [1.54, 1.807) is 0 Å². The van der Waals surface area contributed by atoms with Gasteiger partial charge in [-0.3, -0.25) is 4.79 Å². The van der Waals surface area contributed by atoms with E-state index < -0.39 is 0 Å². The van der Waals surface area contributed by atoms with Gasteiger partial charge in [-0.1, -0.05) is 24.1 Å². The highest BCUT2D eigenvalue weighted by Gasteiger charge is 2.39. The van der Waals surface area contributed by atoms with E-state index in [-0.39, 0.29) is 5.91 Å². The number of benzene rings is 1. The molecule has 3 rings (SSSR count). The fourth-order valence-corrected chi connectivity index (χ4v) is 3.74. The smallest absolute Gasteiger partial charge is 0.251 e. The van der Waals surface area contributed by atoms with E-state index >= 15 is 0 Å². The first-order chi connectivity index (χ1) is 8.72. The van der Waals surface area contributed by atoms with Crippen molar-refractivity contribution >= 4 is 5.91 Å². The van der Waals surface area contributed by atoms with E-state index in [1.807, 2.05) is 31.2 Å². The summed E-state index contributed by atoms with van der Waals surface area (Å²) in [4.78, 5) is 12.0. The van der Waals surface area contributed by atoms with E-state index in [0.717, 1.165) is 35.4 Å². The molecule has 1 amide bonds. The first-order valence-electron chi connectivity index (χ1n) is 7.07. The van der Waals surface area contributed by atoms with Crippen molar-refractivity contribution in [3.8, 4) is 0 Å². The number of fused-ring (bicyclic) bond motifs is 2. The second-order valence-electron chi connectivity index (χ2n) is 6.01. The quantitative estimate of drug-likeness (QED) is 0.868. The van der Waals surface area contributed by atoms with Crippen LogP contribution in [-0.2, 0) is 0 Å². The van der Waals surface area contributed by atoms with Crippen molar-refractivity contribution in [1.29, 1.82) is 0 Å². The summed E-state index contributed by atoms with van der Waals surface area (Å²) in [6.07, 6.45) is 5.55. The normalized spacial score (nSPS) is 29.5. The van der Waals surface area contributed by atoms with Crippen LogP contribution >= 0.6 is 0 Å². The number of nitrogens with one attached hydrogen (secondary N) is 1. The molecule has 18 heavy (non-hydrogen) atoms. The van der Waals surface area contributed by atoms with Gasteiger partial charge in [-0.25, -0.2) is 0 Å². The van der Waals surface area contributed by atoms with Gasteiger partial charge in [0, 0.05) is 12.1 Å². The molecule has 2 nitrogen and oxygen atoms in total. The SMILES string of the molecule is Cc1cccc(C(=O)NC[C@@H]2C[C@H]3CC[C@H]2C3)c1. The Morgan fingerprint density at radius 2 is 2.22 bits per heavy atom. The minimum absolute atomic E-state index is 0.0847. The lowest BCUT2D eigenvalue weighted by Gasteiger charge is -2.21. The van der Waals surface area contributed by atoms with Gasteiger partial charge < -0.3 is 5.32 Å². The number of carbonyl (C=O) groups excluding carboxylic acids is 1. The van der Waals surface area contributed by atoms with Crippen LogP contribution in [0.1, 0.15) is 41.6 Å². The van der Waals surface area contributed by atoms with Gasteiger partial charge in [0.2, 0.25) is 0 Å². The van der Waals surface area contributed by atoms with Gasteiger partial charge in [0.05, 0.1) is 0 Å². The highest BCUT2D eigenvalue weighted by Crippen LogP contribution is 2.47. The summed E-state index contributed by atoms with van der Waals surface area (Å²) in [5.74, 6) is 2.66. The summed E-state index contributed by atoms with van der Waals surface area (Å²) in [5.41, 5.74) is 1.93. The standard InChI is InChI=1S/C16H21NO/c1-11-3-2-4-14(7-11)16(18)17-10-15-9-12-5-6-13(15)8-12/h2-4,7,12-13,15H,5-6,8-10H2,1H3,(H,17,18)/t12-,13-,15-/m0/s1. The van der Waals surface area contributed by atoms with Crippen LogP contribution < -0.4 is 5.32 Å². The third-order valence-corrected chi connectivity index (χ3v) is 4.69.